The van der Waals surface area contributed by atoms with Crippen LogP contribution in [0, 0.1) is 0 Å². The van der Waals surface area contributed by atoms with E-state index in [1.165, 1.54) is 70.4 Å². The van der Waals surface area contributed by atoms with Gasteiger partial charge in [-0.3, -0.25) is 23.9 Å². The third kappa shape index (κ3) is 17.3. The summed E-state index contributed by atoms with van der Waals surface area (Å²) >= 11 is 0. The number of hydrogen-bond acceptors (Lipinski definition) is 10. The largest absolute Gasteiger partial charge is 0.695 e. The third-order valence-corrected chi connectivity index (χ3v) is 9.07. The molecule has 1 saturated heterocycles. The van der Waals surface area contributed by atoms with E-state index in [2.05, 4.69) is 17.2 Å². The molecular formula is C34H59N3O11P+. The van der Waals surface area contributed by atoms with Crippen LogP contribution in [0.1, 0.15) is 136 Å². The summed E-state index contributed by atoms with van der Waals surface area (Å²) in [5, 5.41) is 12.5. The van der Waals surface area contributed by atoms with Gasteiger partial charge in [0.25, 0.3) is 11.5 Å². The number of unbranched alkanes of at least 4 members (excludes halogenated alkanes) is 15. The van der Waals surface area contributed by atoms with E-state index >= 15 is 0 Å². The highest BCUT2D eigenvalue weighted by molar-refractivity contribution is 7.32. The van der Waals surface area contributed by atoms with Gasteiger partial charge in [-0.1, -0.05) is 96.8 Å². The van der Waals surface area contributed by atoms with E-state index in [-0.39, 0.29) is 18.5 Å². The second kappa shape index (κ2) is 25.5. The first kappa shape index (κ1) is 42.7. The molecule has 0 saturated carbocycles. The molecule has 49 heavy (non-hydrogen) atoms. The van der Waals surface area contributed by atoms with E-state index in [9.17, 15) is 33.7 Å². The molecule has 0 radical (unpaired) electrons. The Hall–Kier alpha value is -2.48. The molecule has 6 atom stereocenters. The molecule has 1 aromatic heterocycles. The van der Waals surface area contributed by atoms with Gasteiger partial charge >= 0.3 is 19.9 Å². The third-order valence-electron chi connectivity index (χ3n) is 8.65. The number of ether oxygens (including phenoxy) is 3. The van der Waals surface area contributed by atoms with Gasteiger partial charge in [0.05, 0.1) is 6.61 Å². The molecule has 0 aromatic carbocycles. The first-order valence-corrected chi connectivity index (χ1v) is 19.3. The maximum absolute atomic E-state index is 12.4. The molecule has 14 nitrogen and oxygen atoms in total. The minimum Gasteiger partial charge on any atom is -0.453 e. The van der Waals surface area contributed by atoms with Crippen LogP contribution in [0.5, 0.6) is 0 Å². The Morgan fingerprint density at radius 3 is 2.12 bits per heavy atom. The summed E-state index contributed by atoms with van der Waals surface area (Å²) in [6, 6.07) is 1.13. The number of carbonyl (C=O) groups excluding carboxylic acids is 2. The van der Waals surface area contributed by atoms with Crippen molar-refractivity contribution < 1.29 is 42.9 Å². The maximum Gasteiger partial charge on any atom is 0.695 e. The molecule has 0 bridgehead atoms. The number of rotatable bonds is 28. The van der Waals surface area contributed by atoms with Gasteiger partial charge in [-0.05, 0) is 26.2 Å². The van der Waals surface area contributed by atoms with Crippen molar-refractivity contribution >= 4 is 20.1 Å². The summed E-state index contributed by atoms with van der Waals surface area (Å²) in [6.45, 7) is 3.88. The molecule has 1 aliphatic heterocycles. The Bertz CT molecular complexity index is 1210. The Kier molecular flexibility index (Phi) is 22.2. The quantitative estimate of drug-likeness (QED) is 0.0521. The second-order valence-corrected chi connectivity index (χ2v) is 13.4. The van der Waals surface area contributed by atoms with Crippen LogP contribution >= 0.6 is 8.25 Å². The molecule has 1 aliphatic rings. The highest BCUT2D eigenvalue weighted by Gasteiger charge is 2.51. The van der Waals surface area contributed by atoms with Gasteiger partial charge in [0, 0.05) is 36.4 Å². The average molecular weight is 717 g/mol. The van der Waals surface area contributed by atoms with Crippen LogP contribution < -0.4 is 16.6 Å². The molecule has 280 valence electrons. The molecule has 6 unspecified atom stereocenters. The fourth-order valence-corrected chi connectivity index (χ4v) is 6.33. The topological polar surface area (TPSA) is 195 Å². The number of aromatic amines is 1. The summed E-state index contributed by atoms with van der Waals surface area (Å²) in [5.41, 5.74) is -1.37. The predicted molar refractivity (Wildman–Crippen MR) is 184 cm³/mol. The van der Waals surface area contributed by atoms with Gasteiger partial charge < -0.3 is 24.6 Å². The van der Waals surface area contributed by atoms with E-state index in [0.717, 1.165) is 42.7 Å². The summed E-state index contributed by atoms with van der Waals surface area (Å²) in [4.78, 5) is 59.8. The van der Waals surface area contributed by atoms with Crippen LogP contribution in [-0.4, -0.2) is 75.6 Å². The van der Waals surface area contributed by atoms with Crippen molar-refractivity contribution in [2.45, 2.75) is 160 Å². The van der Waals surface area contributed by atoms with E-state index in [4.69, 9.17) is 18.7 Å². The number of carbonyl (C=O) groups is 2. The molecular weight excluding hydrogens is 657 g/mol. The van der Waals surface area contributed by atoms with Crippen LogP contribution in [0.4, 0.5) is 0 Å². The number of aliphatic hydroxyl groups is 1. The molecule has 1 amide bonds. The zero-order valence-corrected chi connectivity index (χ0v) is 30.2. The number of H-pyrrole nitrogens is 1. The van der Waals surface area contributed by atoms with Crippen LogP contribution in [0.25, 0.3) is 0 Å². The average Bonchev–Trinajstić information content (AvgIpc) is 3.40. The lowest BCUT2D eigenvalue weighted by Crippen LogP contribution is -2.40. The fraction of sp³-hybridized carbons (Fsp3) is 0.824. The fourth-order valence-electron chi connectivity index (χ4n) is 5.87. The van der Waals surface area contributed by atoms with Gasteiger partial charge in [-0.25, -0.2) is 4.79 Å². The van der Waals surface area contributed by atoms with E-state index < -0.39 is 56.8 Å². The molecule has 2 heterocycles. The van der Waals surface area contributed by atoms with Gasteiger partial charge in [0.15, 0.2) is 18.4 Å². The highest BCUT2D eigenvalue weighted by atomic mass is 31.1. The van der Waals surface area contributed by atoms with Crippen molar-refractivity contribution in [3.05, 3.63) is 33.1 Å². The van der Waals surface area contributed by atoms with Crippen molar-refractivity contribution in [2.24, 2.45) is 0 Å². The molecule has 4 N–H and O–H groups in total. The van der Waals surface area contributed by atoms with Crippen LogP contribution in [0.2, 0.25) is 0 Å². The predicted octanol–water partition coefficient (Wildman–Crippen LogP) is 4.94. The Morgan fingerprint density at radius 2 is 1.53 bits per heavy atom. The zero-order chi connectivity index (χ0) is 35.9. The number of nitrogens with zero attached hydrogens (tertiary/aromatic N) is 1. The monoisotopic (exact) mass is 716 g/mol. The second-order valence-electron chi connectivity index (χ2n) is 12.7. The van der Waals surface area contributed by atoms with Gasteiger partial charge in [0.2, 0.25) is 0 Å². The van der Waals surface area contributed by atoms with Crippen molar-refractivity contribution in [3.63, 3.8) is 0 Å². The highest BCUT2D eigenvalue weighted by Crippen LogP contribution is 2.37. The maximum atomic E-state index is 12.4. The smallest absolute Gasteiger partial charge is 0.453 e. The van der Waals surface area contributed by atoms with Crippen LogP contribution in [0.3, 0.4) is 0 Å². The number of esters is 1. The lowest BCUT2D eigenvalue weighted by atomic mass is 10.0. The number of aliphatic hydroxyl groups excluding tert-OH is 1. The summed E-state index contributed by atoms with van der Waals surface area (Å²) in [7, 11) is -3.05. The van der Waals surface area contributed by atoms with Crippen molar-refractivity contribution in [1.82, 2.24) is 14.9 Å². The normalized spacial score (nSPS) is 19.9. The molecule has 0 aliphatic carbocycles. The first-order chi connectivity index (χ1) is 23.7. The minimum atomic E-state index is -3.05. The standard InChI is InChI=1S/C34H58N3O11P/c1-3-4-5-6-7-8-9-10-11-12-13-14-17-20-29(40)46-26(2)32(41)35-22-18-15-16-19-24-45-31-30(48-49(43)44)27(25-38)47-33(31)37-23-21-28(39)36-34(37)42/h21,23,26-27,30-31,33,38H,3-20,22,24-25H2,1-2H3,(H2-,35,36,39,41,42,43,44)/p+1. The Morgan fingerprint density at radius 1 is 0.939 bits per heavy atom. The van der Waals surface area contributed by atoms with E-state index in [1.807, 2.05) is 0 Å². The lowest BCUT2D eigenvalue weighted by Gasteiger charge is -2.22. The number of aromatic nitrogens is 2. The summed E-state index contributed by atoms with van der Waals surface area (Å²) in [5.74, 6) is -0.687. The zero-order valence-electron chi connectivity index (χ0n) is 29.4. The summed E-state index contributed by atoms with van der Waals surface area (Å²) < 4.78 is 34.5. The Balaban J connectivity index is 1.56. The first-order valence-electron chi connectivity index (χ1n) is 18.2. The van der Waals surface area contributed by atoms with Gasteiger partial charge in [-0.15, -0.1) is 9.42 Å². The van der Waals surface area contributed by atoms with E-state index in [1.54, 1.807) is 6.92 Å². The molecule has 0 spiro atoms. The van der Waals surface area contributed by atoms with Crippen LogP contribution in [0.15, 0.2) is 21.9 Å². The summed E-state index contributed by atoms with van der Waals surface area (Å²) in [6.07, 6.45) is 15.2. The van der Waals surface area contributed by atoms with Crippen molar-refractivity contribution in [2.75, 3.05) is 19.8 Å². The van der Waals surface area contributed by atoms with Crippen molar-refractivity contribution in [3.8, 4) is 0 Å². The number of amides is 1. The molecule has 15 heteroatoms. The molecule has 1 aromatic rings. The van der Waals surface area contributed by atoms with Crippen molar-refractivity contribution in [1.29, 1.82) is 0 Å². The molecule has 1 fully saturated rings. The SMILES string of the molecule is CCCCCCCCCCCCCCCC(=O)OC(C)C(=O)NCCCCCCOC1C(O[P+](=O)O)C(CO)OC1n1ccc(=O)[nH]c1=O. The number of hydrogen-bond donors (Lipinski definition) is 4. The number of nitrogens with one attached hydrogen (secondary N) is 2. The minimum absolute atomic E-state index is 0.196. The van der Waals surface area contributed by atoms with Gasteiger partial charge in [-0.2, -0.15) is 0 Å². The lowest BCUT2D eigenvalue weighted by molar-refractivity contribution is -0.154. The van der Waals surface area contributed by atoms with Crippen LogP contribution in [-0.2, 0) is 32.9 Å². The Labute approximate surface area is 290 Å². The van der Waals surface area contributed by atoms with Gasteiger partial charge in [0.1, 0.15) is 12.2 Å². The van der Waals surface area contributed by atoms with E-state index in [0.29, 0.717) is 25.8 Å². The molecule has 2 rings (SSSR count).